The van der Waals surface area contributed by atoms with E-state index in [4.69, 9.17) is 12.2 Å². The second kappa shape index (κ2) is 15.8. The first kappa shape index (κ1) is 26.3. The lowest BCUT2D eigenvalue weighted by Gasteiger charge is -2.15. The first-order valence-electron chi connectivity index (χ1n) is 12.6. The molecule has 5 nitrogen and oxygen atoms in total. The fourth-order valence-corrected chi connectivity index (χ4v) is 4.33. The number of thiocarbonyl (C=S) groups is 1. The summed E-state index contributed by atoms with van der Waals surface area (Å²) < 4.78 is 0. The van der Waals surface area contributed by atoms with Gasteiger partial charge in [0, 0.05) is 30.8 Å². The molecular weight excluding hydrogens is 418 g/mol. The lowest BCUT2D eigenvalue weighted by molar-refractivity contribution is -0.119. The molecule has 0 aliphatic carbocycles. The number of unbranched alkanes of at least 4 members (excludes halogenated alkanes) is 10. The number of nitrogens with zero attached hydrogens (tertiary/aromatic N) is 1. The van der Waals surface area contributed by atoms with Crippen molar-refractivity contribution in [2.75, 3.05) is 18.4 Å². The van der Waals surface area contributed by atoms with Gasteiger partial charge in [0.2, 0.25) is 5.91 Å². The van der Waals surface area contributed by atoms with Gasteiger partial charge in [0.1, 0.15) is 0 Å². The Morgan fingerprint density at radius 2 is 1.38 bits per heavy atom. The maximum absolute atomic E-state index is 12.4. The van der Waals surface area contributed by atoms with Crippen LogP contribution in [0.1, 0.15) is 107 Å². The number of carbonyl (C=O) groups excluding carboxylic acids is 2. The van der Waals surface area contributed by atoms with Crippen LogP contribution in [0.4, 0.5) is 5.69 Å². The minimum atomic E-state index is -0.0424. The Morgan fingerprint density at radius 1 is 0.844 bits per heavy atom. The lowest BCUT2D eigenvalue weighted by Crippen LogP contribution is -2.34. The predicted octanol–water partition coefficient (Wildman–Crippen LogP) is 6.44. The molecule has 2 N–H and O–H groups in total. The van der Waals surface area contributed by atoms with Gasteiger partial charge < -0.3 is 15.5 Å². The zero-order valence-corrected chi connectivity index (χ0v) is 20.6. The predicted molar refractivity (Wildman–Crippen MR) is 137 cm³/mol. The number of rotatable bonds is 14. The highest BCUT2D eigenvalue weighted by Gasteiger charge is 2.19. The van der Waals surface area contributed by atoms with Crippen LogP contribution in [0.25, 0.3) is 0 Å². The van der Waals surface area contributed by atoms with Gasteiger partial charge in [-0.2, -0.15) is 0 Å². The molecule has 1 heterocycles. The van der Waals surface area contributed by atoms with E-state index in [0.717, 1.165) is 44.5 Å². The van der Waals surface area contributed by atoms with Gasteiger partial charge in [-0.25, -0.2) is 0 Å². The summed E-state index contributed by atoms with van der Waals surface area (Å²) >= 11 is 5.25. The summed E-state index contributed by atoms with van der Waals surface area (Å²) in [6.07, 6.45) is 16.6. The summed E-state index contributed by atoms with van der Waals surface area (Å²) in [5.74, 6) is 0.0381. The van der Waals surface area contributed by atoms with Crippen molar-refractivity contribution in [2.45, 2.75) is 96.8 Å². The van der Waals surface area contributed by atoms with Crippen molar-refractivity contribution in [3.05, 3.63) is 29.8 Å². The molecule has 0 bridgehead atoms. The Kier molecular flexibility index (Phi) is 13.0. The average Bonchev–Trinajstić information content (AvgIpc) is 3.32. The van der Waals surface area contributed by atoms with Crippen molar-refractivity contribution in [3.63, 3.8) is 0 Å². The first-order chi connectivity index (χ1) is 15.6. The number of anilines is 1. The van der Waals surface area contributed by atoms with E-state index in [1.165, 1.54) is 57.8 Å². The van der Waals surface area contributed by atoms with Gasteiger partial charge in [0.15, 0.2) is 5.11 Å². The smallest absolute Gasteiger partial charge is 0.253 e. The first-order valence-corrected chi connectivity index (χ1v) is 13.0. The molecule has 6 heteroatoms. The molecule has 1 fully saturated rings. The number of likely N-dealkylation sites (tertiary alicyclic amines) is 1. The van der Waals surface area contributed by atoms with Gasteiger partial charge in [-0.3, -0.25) is 9.59 Å². The third-order valence-electron chi connectivity index (χ3n) is 6.04. The van der Waals surface area contributed by atoms with Crippen molar-refractivity contribution in [1.29, 1.82) is 0 Å². The summed E-state index contributed by atoms with van der Waals surface area (Å²) in [6, 6.07) is 7.26. The fourth-order valence-electron chi connectivity index (χ4n) is 4.10. The van der Waals surface area contributed by atoms with Gasteiger partial charge in [-0.05, 0) is 55.7 Å². The number of hydrogen-bond donors (Lipinski definition) is 2. The second-order valence-corrected chi connectivity index (χ2v) is 9.27. The van der Waals surface area contributed by atoms with Gasteiger partial charge in [-0.15, -0.1) is 0 Å². The molecule has 178 valence electrons. The van der Waals surface area contributed by atoms with Gasteiger partial charge in [-0.1, -0.05) is 71.1 Å². The van der Waals surface area contributed by atoms with Crippen LogP contribution in [-0.2, 0) is 4.79 Å². The molecule has 1 saturated heterocycles. The third-order valence-corrected chi connectivity index (χ3v) is 6.25. The standard InChI is InChI=1S/C26H41N3O2S/c1-2-3-4-5-6-7-8-9-10-11-12-15-24(30)28-26(32)27-23-18-16-22(17-19-23)25(31)29-20-13-14-21-29/h16-19H,2-15,20-21H2,1H3,(H2,27,28,30,32). The van der Waals surface area contributed by atoms with Crippen molar-refractivity contribution < 1.29 is 9.59 Å². The van der Waals surface area contributed by atoms with Crippen LogP contribution >= 0.6 is 12.2 Å². The van der Waals surface area contributed by atoms with E-state index in [9.17, 15) is 9.59 Å². The number of nitrogens with one attached hydrogen (secondary N) is 2. The summed E-state index contributed by atoms with van der Waals surface area (Å²) in [4.78, 5) is 26.4. The van der Waals surface area contributed by atoms with Gasteiger partial charge >= 0.3 is 0 Å². The van der Waals surface area contributed by atoms with E-state index in [0.29, 0.717) is 17.1 Å². The molecule has 32 heavy (non-hydrogen) atoms. The van der Waals surface area contributed by atoms with Crippen LogP contribution in [0.5, 0.6) is 0 Å². The summed E-state index contributed by atoms with van der Waals surface area (Å²) in [5, 5.41) is 6.08. The van der Waals surface area contributed by atoms with Crippen molar-refractivity contribution in [3.8, 4) is 0 Å². The summed E-state index contributed by atoms with van der Waals surface area (Å²) in [7, 11) is 0. The van der Waals surface area contributed by atoms with E-state index in [-0.39, 0.29) is 11.8 Å². The van der Waals surface area contributed by atoms with Gasteiger partial charge in [0.05, 0.1) is 0 Å². The highest BCUT2D eigenvalue weighted by Crippen LogP contribution is 2.16. The minimum Gasteiger partial charge on any atom is -0.339 e. The molecule has 0 unspecified atom stereocenters. The zero-order chi connectivity index (χ0) is 23.0. The number of hydrogen-bond acceptors (Lipinski definition) is 3. The van der Waals surface area contributed by atoms with Crippen molar-refractivity contribution in [1.82, 2.24) is 10.2 Å². The summed E-state index contributed by atoms with van der Waals surface area (Å²) in [6.45, 7) is 3.94. The molecule has 1 aliphatic heterocycles. The number of carbonyl (C=O) groups is 2. The monoisotopic (exact) mass is 459 g/mol. The Labute approximate surface area is 199 Å². The average molecular weight is 460 g/mol. The van der Waals surface area contributed by atoms with Crippen molar-refractivity contribution in [2.24, 2.45) is 0 Å². The number of amides is 2. The molecule has 0 spiro atoms. The molecule has 0 radical (unpaired) electrons. The highest BCUT2D eigenvalue weighted by atomic mass is 32.1. The molecule has 2 amide bonds. The van der Waals surface area contributed by atoms with Crippen LogP contribution in [0.15, 0.2) is 24.3 Å². The molecule has 2 rings (SSSR count). The zero-order valence-electron chi connectivity index (χ0n) is 19.8. The molecule has 0 atom stereocenters. The highest BCUT2D eigenvalue weighted by molar-refractivity contribution is 7.80. The maximum Gasteiger partial charge on any atom is 0.253 e. The number of benzene rings is 1. The largest absolute Gasteiger partial charge is 0.339 e. The third kappa shape index (κ3) is 10.6. The van der Waals surface area contributed by atoms with Crippen LogP contribution in [0.2, 0.25) is 0 Å². The Hall–Kier alpha value is -1.95. The Morgan fingerprint density at radius 3 is 1.94 bits per heavy atom. The molecule has 1 aliphatic rings. The lowest BCUT2D eigenvalue weighted by atomic mass is 10.1. The minimum absolute atomic E-state index is 0.0424. The second-order valence-electron chi connectivity index (χ2n) is 8.86. The molecule has 1 aromatic rings. The van der Waals surface area contributed by atoms with E-state index < -0.39 is 0 Å². The molecule has 0 saturated carbocycles. The van der Waals surface area contributed by atoms with E-state index in [1.807, 2.05) is 17.0 Å². The van der Waals surface area contributed by atoms with Crippen LogP contribution in [0, 0.1) is 0 Å². The topological polar surface area (TPSA) is 61.4 Å². The van der Waals surface area contributed by atoms with Crippen LogP contribution < -0.4 is 10.6 Å². The normalized spacial score (nSPS) is 13.2. The van der Waals surface area contributed by atoms with Gasteiger partial charge in [0.25, 0.3) is 5.91 Å². The maximum atomic E-state index is 12.4. The Bertz CT molecular complexity index is 700. The van der Waals surface area contributed by atoms with Crippen LogP contribution in [0.3, 0.4) is 0 Å². The fraction of sp³-hybridized carbons (Fsp3) is 0.654. The quantitative estimate of drug-likeness (QED) is 0.248. The van der Waals surface area contributed by atoms with Crippen LogP contribution in [-0.4, -0.2) is 34.9 Å². The molecule has 1 aromatic carbocycles. The molecular formula is C26H41N3O2S. The van der Waals surface area contributed by atoms with E-state index >= 15 is 0 Å². The Balaban J connectivity index is 1.52. The van der Waals surface area contributed by atoms with Crippen molar-refractivity contribution >= 4 is 34.8 Å². The van der Waals surface area contributed by atoms with E-state index in [1.54, 1.807) is 12.1 Å². The SMILES string of the molecule is CCCCCCCCCCCCCC(=O)NC(=S)Nc1ccc(C(=O)N2CCCC2)cc1. The summed E-state index contributed by atoms with van der Waals surface area (Å²) in [5.41, 5.74) is 1.45. The van der Waals surface area contributed by atoms with E-state index in [2.05, 4.69) is 17.6 Å². The molecule has 0 aromatic heterocycles.